The standard InChI is InChI=1S/C33H32N4O7S/c1-21-16-25(20-43-26-12-9-23(10-13-26)28-14-11-24(18-36-28)33(34)35)32(45(40,41)42)27(31(21)37-15-5-8-29(37)38)17-30(39)44-19-22-6-3-2-4-7-22/h2-4,6-7,9-14,16,18H,5,8,15,17,19-20H2,1H3,(H3,34,35)(H,40,41,42). The van der Waals surface area contributed by atoms with Crippen LogP contribution in [0, 0.1) is 12.3 Å². The van der Waals surface area contributed by atoms with Crippen LogP contribution in [0.15, 0.2) is 83.9 Å². The minimum atomic E-state index is -4.88. The molecule has 232 valence electrons. The Bertz CT molecular complexity index is 1840. The van der Waals surface area contributed by atoms with Gasteiger partial charge < -0.3 is 20.1 Å². The molecule has 12 heteroatoms. The van der Waals surface area contributed by atoms with Crippen LogP contribution in [0.3, 0.4) is 0 Å². The molecule has 4 N–H and O–H groups in total. The average molecular weight is 629 g/mol. The normalized spacial score (nSPS) is 13.1. The minimum absolute atomic E-state index is 0.0140. The van der Waals surface area contributed by atoms with Crippen molar-refractivity contribution in [2.45, 2.75) is 44.3 Å². The molecule has 5 rings (SSSR count). The number of anilines is 1. The lowest BCUT2D eigenvalue weighted by Gasteiger charge is -2.25. The number of nitrogens with zero attached hydrogens (tertiary/aromatic N) is 2. The van der Waals surface area contributed by atoms with Crippen molar-refractivity contribution in [1.82, 2.24) is 4.98 Å². The fraction of sp³-hybridized carbons (Fsp3) is 0.212. The number of amides is 1. The van der Waals surface area contributed by atoms with E-state index in [1.807, 2.05) is 6.07 Å². The monoisotopic (exact) mass is 628 g/mol. The third kappa shape index (κ3) is 7.36. The molecule has 0 bridgehead atoms. The van der Waals surface area contributed by atoms with E-state index < -0.39 is 27.4 Å². The van der Waals surface area contributed by atoms with Crippen LogP contribution < -0.4 is 15.4 Å². The van der Waals surface area contributed by atoms with Gasteiger partial charge in [0.25, 0.3) is 10.1 Å². The van der Waals surface area contributed by atoms with Gasteiger partial charge in [-0.3, -0.25) is 24.5 Å². The van der Waals surface area contributed by atoms with Crippen molar-refractivity contribution >= 4 is 33.5 Å². The predicted octanol–water partition coefficient (Wildman–Crippen LogP) is 4.58. The molecular weight excluding hydrogens is 596 g/mol. The quantitative estimate of drug-likeness (QED) is 0.0930. The number of benzene rings is 3. The first-order chi connectivity index (χ1) is 21.5. The molecule has 0 saturated carbocycles. The maximum atomic E-state index is 13.1. The molecule has 1 aliphatic heterocycles. The summed E-state index contributed by atoms with van der Waals surface area (Å²) in [5, 5.41) is 7.51. The van der Waals surface area contributed by atoms with Gasteiger partial charge in [0.2, 0.25) is 5.91 Å². The van der Waals surface area contributed by atoms with Crippen LogP contribution in [0.1, 0.15) is 40.7 Å². The summed E-state index contributed by atoms with van der Waals surface area (Å²) in [6.07, 6.45) is 1.89. The number of aromatic nitrogens is 1. The summed E-state index contributed by atoms with van der Waals surface area (Å²) in [5.74, 6) is -0.576. The molecule has 1 fully saturated rings. The number of nitrogens with two attached hydrogens (primary N) is 1. The first-order valence-corrected chi connectivity index (χ1v) is 15.6. The minimum Gasteiger partial charge on any atom is -0.489 e. The number of pyridine rings is 1. The second kappa shape index (κ2) is 13.3. The van der Waals surface area contributed by atoms with Crippen molar-refractivity contribution in [2.24, 2.45) is 5.73 Å². The number of carbonyl (C=O) groups is 2. The van der Waals surface area contributed by atoms with Gasteiger partial charge in [-0.15, -0.1) is 0 Å². The molecule has 0 spiro atoms. The van der Waals surface area contributed by atoms with Crippen molar-refractivity contribution in [3.05, 3.63) is 107 Å². The van der Waals surface area contributed by atoms with E-state index in [2.05, 4.69) is 4.98 Å². The Hall–Kier alpha value is -5.07. The second-order valence-electron chi connectivity index (χ2n) is 10.6. The maximum absolute atomic E-state index is 13.1. The fourth-order valence-electron chi connectivity index (χ4n) is 5.33. The van der Waals surface area contributed by atoms with E-state index in [0.29, 0.717) is 35.5 Å². The van der Waals surface area contributed by atoms with Crippen LogP contribution in [0.25, 0.3) is 11.3 Å². The van der Waals surface area contributed by atoms with Crippen LogP contribution in [-0.2, 0) is 44.1 Å². The van der Waals surface area contributed by atoms with Crippen molar-refractivity contribution in [3.8, 4) is 17.0 Å². The molecule has 0 aliphatic carbocycles. The van der Waals surface area contributed by atoms with E-state index in [1.54, 1.807) is 73.7 Å². The van der Waals surface area contributed by atoms with Crippen molar-refractivity contribution in [3.63, 3.8) is 0 Å². The van der Waals surface area contributed by atoms with Gasteiger partial charge in [-0.05, 0) is 66.9 Å². The van der Waals surface area contributed by atoms with Gasteiger partial charge in [0.1, 0.15) is 29.7 Å². The number of nitrogens with one attached hydrogen (secondary N) is 1. The Morgan fingerprint density at radius 1 is 1.07 bits per heavy atom. The molecule has 1 amide bonds. The topological polar surface area (TPSA) is 173 Å². The van der Waals surface area contributed by atoms with Gasteiger partial charge in [0.15, 0.2) is 0 Å². The van der Waals surface area contributed by atoms with E-state index in [0.717, 1.165) is 11.1 Å². The molecule has 1 saturated heterocycles. The molecule has 4 aromatic rings. The first kappa shape index (κ1) is 31.4. The van der Waals surface area contributed by atoms with E-state index in [4.69, 9.17) is 20.6 Å². The SMILES string of the molecule is Cc1cc(COc2ccc(-c3ccc(C(=N)N)cn3)cc2)c(S(=O)(=O)O)c(CC(=O)OCc2ccccc2)c1N1CCCC1=O. The van der Waals surface area contributed by atoms with E-state index in [-0.39, 0.29) is 48.2 Å². The van der Waals surface area contributed by atoms with E-state index in [1.165, 1.54) is 11.1 Å². The molecule has 2 heterocycles. The van der Waals surface area contributed by atoms with Gasteiger partial charge in [-0.25, -0.2) is 0 Å². The summed E-state index contributed by atoms with van der Waals surface area (Å²) in [4.78, 5) is 31.1. The summed E-state index contributed by atoms with van der Waals surface area (Å²) in [6.45, 7) is 1.80. The molecule has 11 nitrogen and oxygen atoms in total. The van der Waals surface area contributed by atoms with Gasteiger partial charge >= 0.3 is 5.97 Å². The summed E-state index contributed by atoms with van der Waals surface area (Å²) < 4.78 is 47.6. The third-order valence-electron chi connectivity index (χ3n) is 7.40. The van der Waals surface area contributed by atoms with Crippen molar-refractivity contribution in [1.29, 1.82) is 5.41 Å². The Balaban J connectivity index is 1.44. The highest BCUT2D eigenvalue weighted by molar-refractivity contribution is 7.86. The lowest BCUT2D eigenvalue weighted by Crippen LogP contribution is -2.28. The molecule has 0 radical (unpaired) electrons. The summed E-state index contributed by atoms with van der Waals surface area (Å²) >= 11 is 0. The summed E-state index contributed by atoms with van der Waals surface area (Å²) in [5.41, 5.74) is 9.14. The number of hydrogen-bond donors (Lipinski definition) is 3. The molecule has 0 unspecified atom stereocenters. The molecule has 1 aromatic heterocycles. The van der Waals surface area contributed by atoms with Gasteiger partial charge in [-0.2, -0.15) is 8.42 Å². The molecule has 3 aromatic carbocycles. The zero-order valence-corrected chi connectivity index (χ0v) is 25.3. The lowest BCUT2D eigenvalue weighted by molar-refractivity contribution is -0.144. The van der Waals surface area contributed by atoms with Gasteiger partial charge in [-0.1, -0.05) is 30.3 Å². The molecular formula is C33H32N4O7S. The molecule has 45 heavy (non-hydrogen) atoms. The Kier molecular flexibility index (Phi) is 9.26. The third-order valence-corrected chi connectivity index (χ3v) is 8.42. The van der Waals surface area contributed by atoms with E-state index in [9.17, 15) is 22.6 Å². The smallest absolute Gasteiger partial charge is 0.310 e. The van der Waals surface area contributed by atoms with Crippen LogP contribution in [0.5, 0.6) is 5.75 Å². The summed E-state index contributed by atoms with van der Waals surface area (Å²) in [6, 6.07) is 21.0. The van der Waals surface area contributed by atoms with E-state index >= 15 is 0 Å². The number of aryl methyl sites for hydroxylation is 1. The maximum Gasteiger partial charge on any atom is 0.310 e. The zero-order valence-electron chi connectivity index (χ0n) is 24.5. The number of hydrogen-bond acceptors (Lipinski definition) is 8. The van der Waals surface area contributed by atoms with Crippen LogP contribution in [-0.4, -0.2) is 42.2 Å². The number of carbonyl (C=O) groups excluding carboxylic acids is 2. The van der Waals surface area contributed by atoms with Crippen molar-refractivity contribution in [2.75, 3.05) is 11.4 Å². The number of nitrogen functional groups attached to an aromatic ring is 1. The Morgan fingerprint density at radius 2 is 1.80 bits per heavy atom. The Labute approximate surface area is 260 Å². The molecule has 1 aliphatic rings. The largest absolute Gasteiger partial charge is 0.489 e. The highest BCUT2D eigenvalue weighted by Crippen LogP contribution is 2.37. The number of esters is 1. The zero-order chi connectivity index (χ0) is 32.1. The highest BCUT2D eigenvalue weighted by Gasteiger charge is 2.33. The summed E-state index contributed by atoms with van der Waals surface area (Å²) in [7, 11) is -4.88. The predicted molar refractivity (Wildman–Crippen MR) is 168 cm³/mol. The second-order valence-corrected chi connectivity index (χ2v) is 12.0. The highest BCUT2D eigenvalue weighted by atomic mass is 32.2. The fourth-order valence-corrected chi connectivity index (χ4v) is 6.26. The van der Waals surface area contributed by atoms with Crippen LogP contribution in [0.2, 0.25) is 0 Å². The Morgan fingerprint density at radius 3 is 2.40 bits per heavy atom. The molecule has 0 atom stereocenters. The number of rotatable bonds is 11. The van der Waals surface area contributed by atoms with Crippen LogP contribution >= 0.6 is 0 Å². The van der Waals surface area contributed by atoms with Crippen molar-refractivity contribution < 1.29 is 32.0 Å². The van der Waals surface area contributed by atoms with Gasteiger partial charge in [0, 0.05) is 41.4 Å². The number of amidine groups is 1. The first-order valence-electron chi connectivity index (χ1n) is 14.2. The number of ether oxygens (including phenoxy) is 2. The van der Waals surface area contributed by atoms with Crippen LogP contribution in [0.4, 0.5) is 5.69 Å². The van der Waals surface area contributed by atoms with Gasteiger partial charge in [0.05, 0.1) is 17.8 Å². The average Bonchev–Trinajstić information content (AvgIpc) is 3.44. The lowest BCUT2D eigenvalue weighted by atomic mass is 9.99.